The van der Waals surface area contributed by atoms with Gasteiger partial charge in [0.2, 0.25) is 11.8 Å². The largest absolute Gasteiger partial charge is 0.385 e. The zero-order valence-corrected chi connectivity index (χ0v) is 20.3. The summed E-state index contributed by atoms with van der Waals surface area (Å²) in [4.78, 5) is 30.7. The number of nitrogens with zero attached hydrogens (tertiary/aromatic N) is 2. The van der Waals surface area contributed by atoms with Crippen LogP contribution in [0.25, 0.3) is 0 Å². The number of halogens is 1. The molecule has 0 atom stereocenters. The molecule has 0 aliphatic rings. The summed E-state index contributed by atoms with van der Waals surface area (Å²) in [7, 11) is 1.63. The summed E-state index contributed by atoms with van der Waals surface area (Å²) < 4.78 is 18.5. The first-order valence-corrected chi connectivity index (χ1v) is 12.1. The summed E-state index contributed by atoms with van der Waals surface area (Å²) in [5.74, 6) is -0.400. The van der Waals surface area contributed by atoms with Crippen LogP contribution in [0.2, 0.25) is 0 Å². The smallest absolute Gasteiger partial charge is 0.242 e. The number of methoxy groups -OCH3 is 1. The second-order valence-corrected chi connectivity index (χ2v) is 9.02. The molecule has 0 saturated carbocycles. The van der Waals surface area contributed by atoms with E-state index in [-0.39, 0.29) is 24.2 Å². The molecular formula is C25H35FN2O3S. The van der Waals surface area contributed by atoms with Gasteiger partial charge < -0.3 is 14.5 Å². The number of hydrogen-bond donors (Lipinski definition) is 0. The number of carbonyl (C=O) groups excluding carboxylic acids is 2. The Balaban J connectivity index is 2.14. The van der Waals surface area contributed by atoms with Gasteiger partial charge in [0.25, 0.3) is 0 Å². The maximum atomic E-state index is 13.4. The Bertz CT molecular complexity index is 838. The average molecular weight is 463 g/mol. The number of ether oxygens (including phenoxy) is 1. The van der Waals surface area contributed by atoms with Gasteiger partial charge in [0.1, 0.15) is 5.82 Å². The van der Waals surface area contributed by atoms with Crippen LogP contribution in [0, 0.1) is 12.7 Å². The van der Waals surface area contributed by atoms with E-state index in [1.807, 2.05) is 18.4 Å². The highest BCUT2D eigenvalue weighted by Gasteiger charge is 2.22. The van der Waals surface area contributed by atoms with Crippen molar-refractivity contribution in [1.29, 1.82) is 0 Å². The van der Waals surface area contributed by atoms with Crippen molar-refractivity contribution in [3.63, 3.8) is 0 Å². The Morgan fingerprint density at radius 3 is 2.38 bits per heavy atom. The van der Waals surface area contributed by atoms with Gasteiger partial charge in [0, 0.05) is 38.1 Å². The Morgan fingerprint density at radius 1 is 1.00 bits per heavy atom. The van der Waals surface area contributed by atoms with Gasteiger partial charge in [-0.3, -0.25) is 9.59 Å². The highest BCUT2D eigenvalue weighted by Crippen LogP contribution is 2.20. The Labute approximate surface area is 195 Å². The summed E-state index contributed by atoms with van der Waals surface area (Å²) >= 11 is 1.61. The van der Waals surface area contributed by atoms with Crippen LogP contribution in [0.3, 0.4) is 0 Å². The predicted octanol–water partition coefficient (Wildman–Crippen LogP) is 5.17. The lowest BCUT2D eigenvalue weighted by Gasteiger charge is -2.28. The molecule has 5 nitrogen and oxygen atoms in total. The quantitative estimate of drug-likeness (QED) is 0.364. The number of hydrogen-bond acceptors (Lipinski definition) is 4. The van der Waals surface area contributed by atoms with Gasteiger partial charge in [-0.15, -0.1) is 11.3 Å². The van der Waals surface area contributed by atoms with E-state index >= 15 is 0 Å². The van der Waals surface area contributed by atoms with Crippen molar-refractivity contribution in [3.8, 4) is 0 Å². The minimum atomic E-state index is -0.303. The second kappa shape index (κ2) is 14.0. The molecule has 0 fully saturated rings. The molecule has 0 bridgehead atoms. The molecule has 176 valence electrons. The second-order valence-electron chi connectivity index (χ2n) is 8.02. The molecule has 0 unspecified atom stereocenters. The van der Waals surface area contributed by atoms with Crippen LogP contribution in [-0.2, 0) is 27.4 Å². The third kappa shape index (κ3) is 8.71. The van der Waals surface area contributed by atoms with Crippen LogP contribution < -0.4 is 0 Å². The van der Waals surface area contributed by atoms with Crippen molar-refractivity contribution < 1.29 is 18.7 Å². The van der Waals surface area contributed by atoms with Crippen molar-refractivity contribution in [2.24, 2.45) is 0 Å². The highest BCUT2D eigenvalue weighted by molar-refractivity contribution is 7.10. The van der Waals surface area contributed by atoms with Gasteiger partial charge in [0.05, 0.1) is 13.1 Å². The summed E-state index contributed by atoms with van der Waals surface area (Å²) in [5.41, 5.74) is 1.99. The number of unbranched alkanes of at least 4 members (excludes halogenated alkanes) is 2. The molecule has 2 amide bonds. The zero-order chi connectivity index (χ0) is 23.3. The third-order valence-electron chi connectivity index (χ3n) is 5.39. The highest BCUT2D eigenvalue weighted by atomic mass is 32.1. The molecular weight excluding hydrogens is 427 g/mol. The Morgan fingerprint density at radius 2 is 1.75 bits per heavy atom. The van der Waals surface area contributed by atoms with Gasteiger partial charge in [-0.1, -0.05) is 31.9 Å². The lowest BCUT2D eigenvalue weighted by molar-refractivity contribution is -0.141. The van der Waals surface area contributed by atoms with E-state index in [1.54, 1.807) is 40.4 Å². The molecule has 0 radical (unpaired) electrons. The van der Waals surface area contributed by atoms with Gasteiger partial charge in [-0.05, 0) is 54.5 Å². The van der Waals surface area contributed by atoms with Crippen molar-refractivity contribution in [2.45, 2.75) is 59.0 Å². The van der Waals surface area contributed by atoms with Crippen LogP contribution in [0.4, 0.5) is 4.39 Å². The number of aryl methyl sites for hydroxylation is 1. The molecule has 2 rings (SSSR count). The third-order valence-corrected chi connectivity index (χ3v) is 6.40. The summed E-state index contributed by atoms with van der Waals surface area (Å²) in [6.07, 6.45) is 4.01. The van der Waals surface area contributed by atoms with Gasteiger partial charge in [0.15, 0.2) is 0 Å². The van der Waals surface area contributed by atoms with Crippen LogP contribution in [0.15, 0.2) is 35.7 Å². The molecule has 0 aliphatic heterocycles. The molecule has 0 spiro atoms. The first-order chi connectivity index (χ1) is 15.4. The lowest BCUT2D eigenvalue weighted by atomic mass is 10.1. The number of thiophene rings is 1. The molecule has 0 saturated heterocycles. The maximum absolute atomic E-state index is 13.4. The Hall–Kier alpha value is -2.25. The first-order valence-electron chi connectivity index (χ1n) is 11.3. The fraction of sp³-hybridized carbons (Fsp3) is 0.520. The van der Waals surface area contributed by atoms with Gasteiger partial charge >= 0.3 is 0 Å². The van der Waals surface area contributed by atoms with Crippen molar-refractivity contribution in [1.82, 2.24) is 9.80 Å². The number of carbonyl (C=O) groups is 2. The van der Waals surface area contributed by atoms with Crippen LogP contribution >= 0.6 is 11.3 Å². The van der Waals surface area contributed by atoms with Crippen LogP contribution in [-0.4, -0.2) is 48.4 Å². The lowest BCUT2D eigenvalue weighted by Crippen LogP contribution is -2.43. The average Bonchev–Trinajstić information content (AvgIpc) is 3.18. The molecule has 1 heterocycles. The maximum Gasteiger partial charge on any atom is 0.242 e. The van der Waals surface area contributed by atoms with Gasteiger partial charge in [-0.2, -0.15) is 0 Å². The van der Waals surface area contributed by atoms with E-state index in [4.69, 9.17) is 4.74 Å². The van der Waals surface area contributed by atoms with E-state index in [2.05, 4.69) is 6.92 Å². The summed E-state index contributed by atoms with van der Waals surface area (Å²) in [5, 5.41) is 2.01. The molecule has 0 aliphatic carbocycles. The Kier molecular flexibility index (Phi) is 11.4. The van der Waals surface area contributed by atoms with Crippen LogP contribution in [0.5, 0.6) is 0 Å². The summed E-state index contributed by atoms with van der Waals surface area (Å²) in [6, 6.07) is 8.24. The van der Waals surface area contributed by atoms with E-state index in [0.717, 1.165) is 35.3 Å². The van der Waals surface area contributed by atoms with Gasteiger partial charge in [-0.25, -0.2) is 4.39 Å². The first kappa shape index (κ1) is 26.0. The van der Waals surface area contributed by atoms with E-state index in [1.165, 1.54) is 12.1 Å². The fourth-order valence-corrected chi connectivity index (χ4v) is 4.34. The molecule has 32 heavy (non-hydrogen) atoms. The molecule has 1 aromatic carbocycles. The fourth-order valence-electron chi connectivity index (χ4n) is 3.42. The van der Waals surface area contributed by atoms with E-state index in [0.29, 0.717) is 39.1 Å². The summed E-state index contributed by atoms with van der Waals surface area (Å²) in [6.45, 7) is 6.04. The standard InChI is InChI=1S/C25H35FN2O3S/c1-4-5-6-8-24(29)27(14-7-15-31-3)19-25(30)28(18-23-20(2)13-16-32-23)17-21-9-11-22(26)12-10-21/h9-13,16H,4-8,14-15,17-19H2,1-3H3. The molecule has 0 N–H and O–H groups in total. The predicted molar refractivity (Wildman–Crippen MR) is 127 cm³/mol. The minimum Gasteiger partial charge on any atom is -0.385 e. The van der Waals surface area contributed by atoms with E-state index in [9.17, 15) is 14.0 Å². The minimum absolute atomic E-state index is 0.0111. The van der Waals surface area contributed by atoms with Crippen molar-refractivity contribution in [3.05, 3.63) is 57.5 Å². The SMILES string of the molecule is CCCCCC(=O)N(CCCOC)CC(=O)N(Cc1ccc(F)cc1)Cc1sccc1C. The topological polar surface area (TPSA) is 49.9 Å². The number of amides is 2. The molecule has 1 aromatic heterocycles. The zero-order valence-electron chi connectivity index (χ0n) is 19.4. The normalized spacial score (nSPS) is 10.9. The number of benzene rings is 1. The van der Waals surface area contributed by atoms with Crippen LogP contribution in [0.1, 0.15) is 55.0 Å². The monoisotopic (exact) mass is 462 g/mol. The number of rotatable bonds is 14. The van der Waals surface area contributed by atoms with Crippen molar-refractivity contribution in [2.75, 3.05) is 26.8 Å². The molecule has 7 heteroatoms. The molecule has 2 aromatic rings. The van der Waals surface area contributed by atoms with Crippen molar-refractivity contribution >= 4 is 23.2 Å². The van der Waals surface area contributed by atoms with E-state index < -0.39 is 0 Å².